The maximum absolute atomic E-state index is 6.66. The van der Waals surface area contributed by atoms with E-state index in [0.717, 1.165) is 44.6 Å². The average molecular weight is 644 g/mol. The Kier molecular flexibility index (Phi) is 6.39. The molecule has 0 amide bonds. The maximum Gasteiger partial charge on any atom is 0.159 e. The zero-order valence-electron chi connectivity index (χ0n) is 26.5. The Bertz CT molecular complexity index is 2850. The lowest BCUT2D eigenvalue weighted by atomic mass is 9.95. The summed E-state index contributed by atoms with van der Waals surface area (Å²) in [5.74, 6) is 0. The van der Waals surface area contributed by atoms with Crippen LogP contribution < -0.4 is 4.90 Å². The second kappa shape index (κ2) is 11.2. The quantitative estimate of drug-likeness (QED) is 0.186. The highest BCUT2D eigenvalue weighted by molar-refractivity contribution is 7.26. The van der Waals surface area contributed by atoms with E-state index in [9.17, 15) is 0 Å². The molecular weight excluding hydrogens is 615 g/mol. The van der Waals surface area contributed by atoms with Crippen LogP contribution in [0.5, 0.6) is 0 Å². The van der Waals surface area contributed by atoms with Crippen molar-refractivity contribution in [2.45, 2.75) is 0 Å². The largest absolute Gasteiger partial charge is 0.454 e. The zero-order valence-corrected chi connectivity index (χ0v) is 27.3. The molecule has 0 unspecified atom stereocenters. The van der Waals surface area contributed by atoms with Crippen LogP contribution >= 0.6 is 11.3 Å². The topological polar surface area (TPSA) is 16.4 Å². The molecule has 230 valence electrons. The summed E-state index contributed by atoms with van der Waals surface area (Å²) in [5.41, 5.74) is 9.76. The van der Waals surface area contributed by atoms with Gasteiger partial charge in [-0.3, -0.25) is 0 Å². The molecule has 10 rings (SSSR count). The van der Waals surface area contributed by atoms with Gasteiger partial charge in [0.1, 0.15) is 5.58 Å². The number of benzene rings is 8. The van der Waals surface area contributed by atoms with Gasteiger partial charge in [0.25, 0.3) is 0 Å². The zero-order chi connectivity index (χ0) is 32.3. The normalized spacial score (nSPS) is 11.7. The summed E-state index contributed by atoms with van der Waals surface area (Å²) < 4.78 is 9.21. The summed E-state index contributed by atoms with van der Waals surface area (Å²) >= 11 is 1.84. The Hall–Kier alpha value is -6.16. The van der Waals surface area contributed by atoms with E-state index in [4.69, 9.17) is 4.42 Å². The van der Waals surface area contributed by atoms with Gasteiger partial charge in [0.05, 0.1) is 11.4 Å². The second-order valence-electron chi connectivity index (χ2n) is 12.5. The van der Waals surface area contributed by atoms with Crippen LogP contribution in [0.15, 0.2) is 180 Å². The van der Waals surface area contributed by atoms with Crippen molar-refractivity contribution < 1.29 is 4.42 Å². The minimum Gasteiger partial charge on any atom is -0.454 e. The van der Waals surface area contributed by atoms with E-state index in [1.54, 1.807) is 0 Å². The minimum atomic E-state index is 0.878. The Morgan fingerprint density at radius 1 is 0.429 bits per heavy atom. The molecule has 2 aromatic heterocycles. The van der Waals surface area contributed by atoms with Crippen molar-refractivity contribution in [2.75, 3.05) is 4.90 Å². The third-order valence-electron chi connectivity index (χ3n) is 9.65. The van der Waals surface area contributed by atoms with Gasteiger partial charge >= 0.3 is 0 Å². The monoisotopic (exact) mass is 643 g/mol. The summed E-state index contributed by atoms with van der Waals surface area (Å²) in [4.78, 5) is 2.39. The summed E-state index contributed by atoms with van der Waals surface area (Å²) in [6, 6.07) is 63.2. The number of thiophene rings is 1. The fraction of sp³-hybridized carbons (Fsp3) is 0. The van der Waals surface area contributed by atoms with Gasteiger partial charge in [-0.15, -0.1) is 11.3 Å². The molecule has 0 N–H and O–H groups in total. The Morgan fingerprint density at radius 2 is 1.06 bits per heavy atom. The third kappa shape index (κ3) is 4.55. The number of nitrogens with zero attached hydrogens (tertiary/aromatic N) is 1. The van der Waals surface area contributed by atoms with Crippen molar-refractivity contribution in [3.8, 4) is 22.3 Å². The molecule has 0 atom stereocenters. The molecule has 8 aromatic carbocycles. The highest BCUT2D eigenvalue weighted by atomic mass is 32.1. The molecule has 0 bridgehead atoms. The molecule has 2 heterocycles. The Balaban J connectivity index is 1.20. The highest BCUT2D eigenvalue weighted by Gasteiger charge is 2.23. The van der Waals surface area contributed by atoms with Crippen molar-refractivity contribution in [3.63, 3.8) is 0 Å². The molecule has 3 heteroatoms. The highest BCUT2D eigenvalue weighted by Crippen LogP contribution is 2.48. The summed E-state index contributed by atoms with van der Waals surface area (Å²) in [5, 5.41) is 7.25. The Morgan fingerprint density at radius 3 is 2.00 bits per heavy atom. The predicted octanol–water partition coefficient (Wildman–Crippen LogP) is 13.9. The van der Waals surface area contributed by atoms with Crippen LogP contribution in [0, 0.1) is 0 Å². The summed E-state index contributed by atoms with van der Waals surface area (Å²) in [6.07, 6.45) is 0. The predicted molar refractivity (Wildman–Crippen MR) is 210 cm³/mol. The van der Waals surface area contributed by atoms with E-state index in [1.165, 1.54) is 47.6 Å². The number of para-hydroxylation sites is 2. The van der Waals surface area contributed by atoms with Crippen LogP contribution in [0.2, 0.25) is 0 Å². The van der Waals surface area contributed by atoms with Gasteiger partial charge in [-0.05, 0) is 81.6 Å². The lowest BCUT2D eigenvalue weighted by molar-refractivity contribution is 0.669. The number of anilines is 3. The lowest BCUT2D eigenvalue weighted by Crippen LogP contribution is -2.10. The Labute approximate surface area is 287 Å². The molecule has 49 heavy (non-hydrogen) atoms. The molecule has 0 aliphatic carbocycles. The van der Waals surface area contributed by atoms with E-state index in [1.807, 2.05) is 17.4 Å². The second-order valence-corrected chi connectivity index (χ2v) is 13.6. The van der Waals surface area contributed by atoms with Crippen molar-refractivity contribution in [1.29, 1.82) is 0 Å². The van der Waals surface area contributed by atoms with Gasteiger partial charge in [0, 0.05) is 36.6 Å². The molecule has 0 aliphatic heterocycles. The third-order valence-corrected chi connectivity index (χ3v) is 10.8. The standard InChI is InChI=1S/C46H29NOS/c1-2-18-35-30(12-1)13-9-21-36(35)33-16-7-14-31(28-33)32-15-8-17-34(29-32)47(40-23-11-27-44-45(40)39-20-4-6-26-43(39)49-44)41-24-10-22-38-37-19-3-5-25-42(37)48-46(38)41/h1-29H. The summed E-state index contributed by atoms with van der Waals surface area (Å²) in [7, 11) is 0. The molecule has 10 aromatic rings. The molecular formula is C46H29NOS. The van der Waals surface area contributed by atoms with Crippen LogP contribution in [0.25, 0.3) is 75.1 Å². The van der Waals surface area contributed by atoms with Gasteiger partial charge in [-0.25, -0.2) is 0 Å². The first-order valence-electron chi connectivity index (χ1n) is 16.6. The smallest absolute Gasteiger partial charge is 0.159 e. The molecule has 0 aliphatic rings. The molecule has 0 spiro atoms. The molecule has 0 saturated heterocycles. The number of rotatable bonds is 5. The first-order chi connectivity index (χ1) is 24.3. The SMILES string of the molecule is c1cc(-c2cccc(N(c3cccc4c3oc3ccccc34)c3cccc4sc5ccccc5c34)c2)cc(-c2cccc3ccccc23)c1. The van der Waals surface area contributed by atoms with Crippen LogP contribution in [-0.4, -0.2) is 0 Å². The summed E-state index contributed by atoms with van der Waals surface area (Å²) in [6.45, 7) is 0. The van der Waals surface area contributed by atoms with Crippen molar-refractivity contribution in [1.82, 2.24) is 0 Å². The van der Waals surface area contributed by atoms with Crippen molar-refractivity contribution in [3.05, 3.63) is 176 Å². The van der Waals surface area contributed by atoms with Gasteiger partial charge in [-0.2, -0.15) is 0 Å². The van der Waals surface area contributed by atoms with Gasteiger partial charge in [0.2, 0.25) is 0 Å². The molecule has 0 fully saturated rings. The molecule has 0 radical (unpaired) electrons. The van der Waals surface area contributed by atoms with E-state index in [0.29, 0.717) is 0 Å². The minimum absolute atomic E-state index is 0.878. The number of hydrogen-bond donors (Lipinski definition) is 0. The van der Waals surface area contributed by atoms with Crippen LogP contribution in [0.3, 0.4) is 0 Å². The molecule has 0 saturated carbocycles. The van der Waals surface area contributed by atoms with Crippen LogP contribution in [0.1, 0.15) is 0 Å². The molecule has 2 nitrogen and oxygen atoms in total. The van der Waals surface area contributed by atoms with Crippen LogP contribution in [0.4, 0.5) is 17.1 Å². The van der Waals surface area contributed by atoms with Crippen molar-refractivity contribution in [2.24, 2.45) is 0 Å². The van der Waals surface area contributed by atoms with E-state index in [-0.39, 0.29) is 0 Å². The average Bonchev–Trinajstić information content (AvgIpc) is 3.74. The fourth-order valence-corrected chi connectivity index (χ4v) is 8.55. The van der Waals surface area contributed by atoms with Crippen molar-refractivity contribution >= 4 is 81.3 Å². The van der Waals surface area contributed by atoms with E-state index >= 15 is 0 Å². The lowest BCUT2D eigenvalue weighted by Gasteiger charge is -2.27. The van der Waals surface area contributed by atoms with E-state index < -0.39 is 0 Å². The number of fused-ring (bicyclic) bond motifs is 7. The fourth-order valence-electron chi connectivity index (χ4n) is 7.43. The van der Waals surface area contributed by atoms with Gasteiger partial charge in [-0.1, -0.05) is 127 Å². The van der Waals surface area contributed by atoms with Gasteiger partial charge in [0.15, 0.2) is 5.58 Å². The van der Waals surface area contributed by atoms with Crippen LogP contribution in [-0.2, 0) is 0 Å². The number of hydrogen-bond acceptors (Lipinski definition) is 3. The first-order valence-corrected chi connectivity index (χ1v) is 17.4. The number of furan rings is 1. The maximum atomic E-state index is 6.66. The van der Waals surface area contributed by atoms with E-state index in [2.05, 4.69) is 175 Å². The van der Waals surface area contributed by atoms with Gasteiger partial charge < -0.3 is 9.32 Å². The first kappa shape index (κ1) is 27.9.